The Bertz CT molecular complexity index is 961. The van der Waals surface area contributed by atoms with Crippen molar-refractivity contribution in [3.63, 3.8) is 0 Å². The molecule has 0 spiro atoms. The number of rotatable bonds is 4. The predicted molar refractivity (Wildman–Crippen MR) is 102 cm³/mol. The SMILES string of the molecule is CCOc1cccn2c(C(=O)N3CCCc4ccccc43)c(CC)nc12. The summed E-state index contributed by atoms with van der Waals surface area (Å²) in [7, 11) is 0. The molecule has 4 rings (SSSR count). The van der Waals surface area contributed by atoms with Crippen LogP contribution in [0.4, 0.5) is 5.69 Å². The number of fused-ring (bicyclic) bond motifs is 2. The molecule has 1 aliphatic heterocycles. The van der Waals surface area contributed by atoms with E-state index in [1.165, 1.54) is 5.56 Å². The summed E-state index contributed by atoms with van der Waals surface area (Å²) in [6.45, 7) is 5.28. The molecule has 1 aromatic carbocycles. The monoisotopic (exact) mass is 349 g/mol. The van der Waals surface area contributed by atoms with Gasteiger partial charge in [-0.2, -0.15) is 0 Å². The van der Waals surface area contributed by atoms with E-state index in [1.807, 2.05) is 59.7 Å². The number of amides is 1. The van der Waals surface area contributed by atoms with Crippen LogP contribution >= 0.6 is 0 Å². The molecule has 5 nitrogen and oxygen atoms in total. The largest absolute Gasteiger partial charge is 0.490 e. The minimum absolute atomic E-state index is 0.00940. The molecule has 0 saturated carbocycles. The van der Waals surface area contributed by atoms with E-state index < -0.39 is 0 Å². The zero-order valence-corrected chi connectivity index (χ0v) is 15.2. The normalized spacial score (nSPS) is 13.7. The molecule has 5 heteroatoms. The molecule has 26 heavy (non-hydrogen) atoms. The Balaban J connectivity index is 1.84. The highest BCUT2D eigenvalue weighted by atomic mass is 16.5. The van der Waals surface area contributed by atoms with Gasteiger partial charge in [0.25, 0.3) is 5.91 Å². The van der Waals surface area contributed by atoms with E-state index in [9.17, 15) is 4.79 Å². The molecule has 0 bridgehead atoms. The van der Waals surface area contributed by atoms with Gasteiger partial charge in [-0.15, -0.1) is 0 Å². The Labute approximate surface area is 153 Å². The molecule has 0 unspecified atom stereocenters. The van der Waals surface area contributed by atoms with Crippen LogP contribution in [0.5, 0.6) is 5.75 Å². The van der Waals surface area contributed by atoms with Crippen LogP contribution in [0.25, 0.3) is 5.65 Å². The lowest BCUT2D eigenvalue weighted by Gasteiger charge is -2.29. The Morgan fingerprint density at radius 3 is 2.85 bits per heavy atom. The summed E-state index contributed by atoms with van der Waals surface area (Å²) in [5.41, 5.74) is 4.40. The van der Waals surface area contributed by atoms with Crippen molar-refractivity contribution < 1.29 is 9.53 Å². The number of hydrogen-bond acceptors (Lipinski definition) is 3. The van der Waals surface area contributed by atoms with E-state index in [1.54, 1.807) is 0 Å². The van der Waals surface area contributed by atoms with Gasteiger partial charge in [-0.3, -0.25) is 9.20 Å². The van der Waals surface area contributed by atoms with E-state index in [0.717, 1.165) is 30.8 Å². The summed E-state index contributed by atoms with van der Waals surface area (Å²) in [5.74, 6) is 0.720. The molecule has 0 radical (unpaired) electrons. The van der Waals surface area contributed by atoms with E-state index in [2.05, 4.69) is 6.07 Å². The van der Waals surface area contributed by atoms with Gasteiger partial charge in [0.1, 0.15) is 5.69 Å². The summed E-state index contributed by atoms with van der Waals surface area (Å²) < 4.78 is 7.58. The maximum Gasteiger partial charge on any atom is 0.277 e. The van der Waals surface area contributed by atoms with Gasteiger partial charge in [-0.25, -0.2) is 4.98 Å². The number of anilines is 1. The first-order chi connectivity index (χ1) is 12.7. The molecule has 3 aromatic rings. The Morgan fingerprint density at radius 1 is 1.19 bits per heavy atom. The van der Waals surface area contributed by atoms with Crippen molar-refractivity contribution in [1.82, 2.24) is 9.38 Å². The fourth-order valence-electron chi connectivity index (χ4n) is 3.70. The summed E-state index contributed by atoms with van der Waals surface area (Å²) >= 11 is 0. The number of ether oxygens (including phenoxy) is 1. The number of pyridine rings is 1. The quantitative estimate of drug-likeness (QED) is 0.718. The van der Waals surface area contributed by atoms with Crippen LogP contribution in [0.1, 0.15) is 42.0 Å². The number of carbonyl (C=O) groups excluding carboxylic acids is 1. The van der Waals surface area contributed by atoms with Crippen molar-refractivity contribution in [2.24, 2.45) is 0 Å². The molecular weight excluding hydrogens is 326 g/mol. The zero-order chi connectivity index (χ0) is 18.1. The van der Waals surface area contributed by atoms with E-state index in [0.29, 0.717) is 30.1 Å². The van der Waals surface area contributed by atoms with E-state index in [4.69, 9.17) is 9.72 Å². The van der Waals surface area contributed by atoms with Crippen molar-refractivity contribution in [2.45, 2.75) is 33.1 Å². The van der Waals surface area contributed by atoms with Crippen molar-refractivity contribution in [3.05, 3.63) is 59.5 Å². The van der Waals surface area contributed by atoms with Crippen molar-refractivity contribution >= 4 is 17.2 Å². The van der Waals surface area contributed by atoms with Crippen molar-refractivity contribution in [1.29, 1.82) is 0 Å². The molecule has 2 aromatic heterocycles. The lowest BCUT2D eigenvalue weighted by Crippen LogP contribution is -2.36. The van der Waals surface area contributed by atoms with Crippen LogP contribution in [-0.4, -0.2) is 28.4 Å². The molecule has 1 aliphatic rings. The van der Waals surface area contributed by atoms with Gasteiger partial charge in [0.15, 0.2) is 11.4 Å². The fraction of sp³-hybridized carbons (Fsp3) is 0.333. The first-order valence-corrected chi connectivity index (χ1v) is 9.27. The number of carbonyl (C=O) groups is 1. The molecular formula is C21H23N3O2. The lowest BCUT2D eigenvalue weighted by atomic mass is 10.0. The number of aryl methyl sites for hydroxylation is 2. The number of aromatic nitrogens is 2. The first kappa shape index (κ1) is 16.6. The number of benzene rings is 1. The van der Waals surface area contributed by atoms with Crippen LogP contribution in [-0.2, 0) is 12.8 Å². The van der Waals surface area contributed by atoms with Gasteiger partial charge in [0, 0.05) is 18.4 Å². The molecule has 0 atom stereocenters. The van der Waals surface area contributed by atoms with Gasteiger partial charge in [-0.1, -0.05) is 25.1 Å². The highest BCUT2D eigenvalue weighted by molar-refractivity contribution is 6.07. The van der Waals surface area contributed by atoms with Gasteiger partial charge in [0.2, 0.25) is 0 Å². The maximum atomic E-state index is 13.5. The zero-order valence-electron chi connectivity index (χ0n) is 15.2. The number of nitrogens with zero attached hydrogens (tertiary/aromatic N) is 3. The van der Waals surface area contributed by atoms with Crippen LogP contribution < -0.4 is 9.64 Å². The highest BCUT2D eigenvalue weighted by Crippen LogP contribution is 2.30. The summed E-state index contributed by atoms with van der Waals surface area (Å²) in [6, 6.07) is 12.0. The summed E-state index contributed by atoms with van der Waals surface area (Å²) in [6.07, 6.45) is 4.59. The average Bonchev–Trinajstić information content (AvgIpc) is 3.07. The Morgan fingerprint density at radius 2 is 2.04 bits per heavy atom. The predicted octanol–water partition coefficient (Wildman–Crippen LogP) is 3.89. The second-order valence-electron chi connectivity index (χ2n) is 6.45. The second kappa shape index (κ2) is 6.83. The van der Waals surface area contributed by atoms with Crippen LogP contribution in [0.2, 0.25) is 0 Å². The van der Waals surface area contributed by atoms with Crippen LogP contribution in [0.15, 0.2) is 42.6 Å². The van der Waals surface area contributed by atoms with E-state index >= 15 is 0 Å². The standard InChI is InChI=1S/C21H23N3O2/c1-3-16-19(24-14-8-12-18(26-4-2)20(24)22-16)21(25)23-13-7-10-15-9-5-6-11-17(15)23/h5-6,8-9,11-12,14H,3-4,7,10,13H2,1-2H3. The molecule has 0 N–H and O–H groups in total. The second-order valence-corrected chi connectivity index (χ2v) is 6.45. The lowest BCUT2D eigenvalue weighted by molar-refractivity contribution is 0.0978. The van der Waals surface area contributed by atoms with E-state index in [-0.39, 0.29) is 5.91 Å². The minimum Gasteiger partial charge on any atom is -0.490 e. The fourth-order valence-corrected chi connectivity index (χ4v) is 3.70. The average molecular weight is 349 g/mol. The maximum absolute atomic E-state index is 13.5. The van der Waals surface area contributed by atoms with Crippen molar-refractivity contribution in [2.75, 3.05) is 18.1 Å². The molecule has 3 heterocycles. The van der Waals surface area contributed by atoms with Crippen LogP contribution in [0, 0.1) is 0 Å². The Hall–Kier alpha value is -2.82. The molecule has 0 fully saturated rings. The smallest absolute Gasteiger partial charge is 0.277 e. The topological polar surface area (TPSA) is 46.8 Å². The van der Waals surface area contributed by atoms with Gasteiger partial charge in [-0.05, 0) is 49.9 Å². The summed E-state index contributed by atoms with van der Waals surface area (Å²) in [4.78, 5) is 20.1. The molecule has 0 saturated heterocycles. The summed E-state index contributed by atoms with van der Waals surface area (Å²) in [5, 5.41) is 0. The molecule has 1 amide bonds. The van der Waals surface area contributed by atoms with Gasteiger partial charge >= 0.3 is 0 Å². The van der Waals surface area contributed by atoms with Crippen molar-refractivity contribution in [3.8, 4) is 5.75 Å². The first-order valence-electron chi connectivity index (χ1n) is 9.27. The molecule has 134 valence electrons. The highest BCUT2D eigenvalue weighted by Gasteiger charge is 2.28. The van der Waals surface area contributed by atoms with Gasteiger partial charge < -0.3 is 9.64 Å². The third kappa shape index (κ3) is 2.64. The van der Waals surface area contributed by atoms with Crippen LogP contribution in [0.3, 0.4) is 0 Å². The minimum atomic E-state index is 0.00940. The Kier molecular flexibility index (Phi) is 4.37. The molecule has 0 aliphatic carbocycles. The number of hydrogen-bond donors (Lipinski definition) is 0. The van der Waals surface area contributed by atoms with Gasteiger partial charge in [0.05, 0.1) is 12.3 Å². The third-order valence-corrected chi connectivity index (χ3v) is 4.88. The third-order valence-electron chi connectivity index (χ3n) is 4.88. The number of para-hydroxylation sites is 1. The number of imidazole rings is 1.